The van der Waals surface area contributed by atoms with Crippen molar-refractivity contribution in [2.24, 2.45) is 0 Å². The standard InChI is InChI=1S/C26H20ClF2NO5/c1-3-35-17-8-4-14(5-9-17)23-22(24(31)15-6-10-18(27)21(12-15)34-2)25(32)26(33)30(23)16-7-11-19(28)20(29)13-16/h4-13,23,31H,3H2,1-2H3/b24-22+. The number of hydrogen-bond donors (Lipinski definition) is 1. The number of rotatable bonds is 6. The van der Waals surface area contributed by atoms with Crippen LogP contribution in [0.1, 0.15) is 24.1 Å². The van der Waals surface area contributed by atoms with Gasteiger partial charge in [0.1, 0.15) is 17.3 Å². The lowest BCUT2D eigenvalue weighted by Gasteiger charge is -2.25. The van der Waals surface area contributed by atoms with E-state index in [1.807, 2.05) is 6.92 Å². The first-order valence-electron chi connectivity index (χ1n) is 10.6. The van der Waals surface area contributed by atoms with Gasteiger partial charge in [-0.25, -0.2) is 8.78 Å². The molecule has 1 aliphatic heterocycles. The average molecular weight is 500 g/mol. The number of Topliss-reactive ketones (excluding diaryl/α,β-unsaturated/α-hetero) is 1. The van der Waals surface area contributed by atoms with Crippen molar-refractivity contribution in [1.82, 2.24) is 0 Å². The second-order valence-electron chi connectivity index (χ2n) is 7.62. The van der Waals surface area contributed by atoms with E-state index in [-0.39, 0.29) is 27.6 Å². The van der Waals surface area contributed by atoms with Gasteiger partial charge in [-0.1, -0.05) is 23.7 Å². The van der Waals surface area contributed by atoms with Crippen LogP contribution in [0.25, 0.3) is 5.76 Å². The summed E-state index contributed by atoms with van der Waals surface area (Å²) in [6.45, 7) is 2.26. The highest BCUT2D eigenvalue weighted by atomic mass is 35.5. The van der Waals surface area contributed by atoms with Gasteiger partial charge in [0.2, 0.25) is 0 Å². The van der Waals surface area contributed by atoms with Gasteiger partial charge in [-0.15, -0.1) is 0 Å². The number of hydrogen-bond acceptors (Lipinski definition) is 5. The maximum atomic E-state index is 14.1. The molecule has 3 aromatic rings. The van der Waals surface area contributed by atoms with Crippen molar-refractivity contribution in [1.29, 1.82) is 0 Å². The molecule has 180 valence electrons. The van der Waals surface area contributed by atoms with Gasteiger partial charge in [0.05, 0.1) is 30.4 Å². The molecule has 1 aliphatic rings. The Labute approximate surface area is 205 Å². The Morgan fingerprint density at radius 1 is 1.03 bits per heavy atom. The fourth-order valence-electron chi connectivity index (χ4n) is 3.92. The molecule has 1 atom stereocenters. The van der Waals surface area contributed by atoms with E-state index >= 15 is 0 Å². The van der Waals surface area contributed by atoms with Crippen LogP contribution >= 0.6 is 11.6 Å². The fourth-order valence-corrected chi connectivity index (χ4v) is 4.12. The number of ketones is 1. The molecule has 1 amide bonds. The zero-order valence-corrected chi connectivity index (χ0v) is 19.5. The van der Waals surface area contributed by atoms with E-state index in [4.69, 9.17) is 21.1 Å². The maximum Gasteiger partial charge on any atom is 0.300 e. The van der Waals surface area contributed by atoms with Gasteiger partial charge in [0.15, 0.2) is 11.6 Å². The second-order valence-corrected chi connectivity index (χ2v) is 8.03. The highest BCUT2D eigenvalue weighted by Gasteiger charge is 2.47. The number of anilines is 1. The molecule has 0 spiro atoms. The minimum atomic E-state index is -1.18. The molecule has 3 aromatic carbocycles. The molecule has 9 heteroatoms. The number of aliphatic hydroxyl groups is 1. The van der Waals surface area contributed by atoms with Crippen LogP contribution in [0.2, 0.25) is 5.02 Å². The number of ether oxygens (including phenoxy) is 2. The van der Waals surface area contributed by atoms with Crippen molar-refractivity contribution >= 4 is 34.7 Å². The van der Waals surface area contributed by atoms with Gasteiger partial charge in [-0.3, -0.25) is 14.5 Å². The Morgan fingerprint density at radius 3 is 2.37 bits per heavy atom. The normalized spacial score (nSPS) is 17.1. The molecule has 1 N–H and O–H groups in total. The first-order valence-corrected chi connectivity index (χ1v) is 11.0. The lowest BCUT2D eigenvalue weighted by atomic mass is 9.95. The summed E-state index contributed by atoms with van der Waals surface area (Å²) >= 11 is 6.08. The quantitative estimate of drug-likeness (QED) is 0.269. The van der Waals surface area contributed by atoms with Crippen LogP contribution < -0.4 is 14.4 Å². The van der Waals surface area contributed by atoms with Crippen molar-refractivity contribution in [2.75, 3.05) is 18.6 Å². The number of aliphatic hydroxyl groups excluding tert-OH is 1. The smallest absolute Gasteiger partial charge is 0.300 e. The summed E-state index contributed by atoms with van der Waals surface area (Å²) in [6.07, 6.45) is 0. The SMILES string of the molecule is CCOc1ccc(C2/C(=C(\O)c3ccc(Cl)c(OC)c3)C(=O)C(=O)N2c2ccc(F)c(F)c2)cc1. The summed E-state index contributed by atoms with van der Waals surface area (Å²) in [5.74, 6) is -3.93. The molecule has 0 saturated carbocycles. The van der Waals surface area contributed by atoms with Crippen LogP contribution in [0.4, 0.5) is 14.5 Å². The Morgan fingerprint density at radius 2 is 1.74 bits per heavy atom. The fraction of sp³-hybridized carbons (Fsp3) is 0.154. The Hall–Kier alpha value is -3.91. The van der Waals surface area contributed by atoms with Gasteiger partial charge in [0.25, 0.3) is 11.7 Å². The summed E-state index contributed by atoms with van der Waals surface area (Å²) in [4.78, 5) is 27.3. The summed E-state index contributed by atoms with van der Waals surface area (Å²) in [7, 11) is 1.40. The van der Waals surface area contributed by atoms with Crippen molar-refractivity contribution in [3.63, 3.8) is 0 Å². The third kappa shape index (κ3) is 4.44. The van der Waals surface area contributed by atoms with E-state index in [9.17, 15) is 23.5 Å². The van der Waals surface area contributed by atoms with Crippen molar-refractivity contribution in [2.45, 2.75) is 13.0 Å². The molecule has 1 unspecified atom stereocenters. The molecule has 4 rings (SSSR count). The number of nitrogens with zero attached hydrogens (tertiary/aromatic N) is 1. The van der Waals surface area contributed by atoms with E-state index in [0.717, 1.165) is 17.0 Å². The number of benzene rings is 3. The number of methoxy groups -OCH3 is 1. The van der Waals surface area contributed by atoms with Crippen LogP contribution in [-0.4, -0.2) is 30.5 Å². The highest BCUT2D eigenvalue weighted by Crippen LogP contribution is 2.43. The third-order valence-corrected chi connectivity index (χ3v) is 5.87. The lowest BCUT2D eigenvalue weighted by Crippen LogP contribution is -2.29. The summed E-state index contributed by atoms with van der Waals surface area (Å²) in [6, 6.07) is 12.7. The van der Waals surface area contributed by atoms with Gasteiger partial charge in [0, 0.05) is 17.3 Å². The predicted octanol–water partition coefficient (Wildman–Crippen LogP) is 5.65. The summed E-state index contributed by atoms with van der Waals surface area (Å²) < 4.78 is 38.3. The van der Waals surface area contributed by atoms with Crippen LogP contribution in [0, 0.1) is 11.6 Å². The second kappa shape index (κ2) is 9.76. The average Bonchev–Trinajstić information content (AvgIpc) is 3.12. The Bertz CT molecular complexity index is 1340. The molecule has 0 aromatic heterocycles. The number of carbonyl (C=O) groups excluding carboxylic acids is 2. The topological polar surface area (TPSA) is 76.1 Å². The molecule has 1 saturated heterocycles. The first kappa shape index (κ1) is 24.2. The Balaban J connectivity index is 1.93. The van der Waals surface area contributed by atoms with Gasteiger partial charge >= 0.3 is 0 Å². The molecule has 6 nitrogen and oxygen atoms in total. The van der Waals surface area contributed by atoms with Crippen molar-refractivity contribution < 1.29 is 33.0 Å². The van der Waals surface area contributed by atoms with Crippen LogP contribution in [0.15, 0.2) is 66.2 Å². The van der Waals surface area contributed by atoms with E-state index in [0.29, 0.717) is 17.9 Å². The molecule has 0 radical (unpaired) electrons. The van der Waals surface area contributed by atoms with Crippen LogP contribution in [-0.2, 0) is 9.59 Å². The molecule has 1 heterocycles. The molecule has 1 fully saturated rings. The number of amides is 1. The zero-order chi connectivity index (χ0) is 25.3. The van der Waals surface area contributed by atoms with Crippen LogP contribution in [0.3, 0.4) is 0 Å². The minimum Gasteiger partial charge on any atom is -0.507 e. The zero-order valence-electron chi connectivity index (χ0n) is 18.7. The van der Waals surface area contributed by atoms with Crippen LogP contribution in [0.5, 0.6) is 11.5 Å². The van der Waals surface area contributed by atoms with E-state index < -0.39 is 35.1 Å². The molecule has 35 heavy (non-hydrogen) atoms. The van der Waals surface area contributed by atoms with Gasteiger partial charge in [-0.05, 0) is 55.0 Å². The van der Waals surface area contributed by atoms with Crippen molar-refractivity contribution in [3.05, 3.63) is 94.0 Å². The lowest BCUT2D eigenvalue weighted by molar-refractivity contribution is -0.132. The molecule has 0 bridgehead atoms. The molecular weight excluding hydrogens is 480 g/mol. The number of halogens is 3. The molecular formula is C26H20ClF2NO5. The monoisotopic (exact) mass is 499 g/mol. The minimum absolute atomic E-state index is 0.0439. The predicted molar refractivity (Wildman–Crippen MR) is 127 cm³/mol. The summed E-state index contributed by atoms with van der Waals surface area (Å²) in [5, 5.41) is 11.5. The van der Waals surface area contributed by atoms with Gasteiger partial charge < -0.3 is 14.6 Å². The van der Waals surface area contributed by atoms with E-state index in [1.54, 1.807) is 24.3 Å². The third-order valence-electron chi connectivity index (χ3n) is 5.56. The van der Waals surface area contributed by atoms with E-state index in [1.165, 1.54) is 31.4 Å². The highest BCUT2D eigenvalue weighted by molar-refractivity contribution is 6.51. The first-order chi connectivity index (χ1) is 16.8. The van der Waals surface area contributed by atoms with E-state index in [2.05, 4.69) is 0 Å². The van der Waals surface area contributed by atoms with Gasteiger partial charge in [-0.2, -0.15) is 0 Å². The molecule has 0 aliphatic carbocycles. The van der Waals surface area contributed by atoms with Crippen molar-refractivity contribution in [3.8, 4) is 11.5 Å². The number of carbonyl (C=O) groups is 2. The maximum absolute atomic E-state index is 14.1. The summed E-state index contributed by atoms with van der Waals surface area (Å²) in [5.41, 5.74) is 0.358. The Kier molecular flexibility index (Phi) is 6.75. The largest absolute Gasteiger partial charge is 0.507 e.